The fourth-order valence-electron chi connectivity index (χ4n) is 2.61. The number of rotatable bonds is 4. The Hall–Kier alpha value is -0.440. The Morgan fingerprint density at radius 3 is 2.00 bits per heavy atom. The lowest BCUT2D eigenvalue weighted by Crippen LogP contribution is -2.64. The summed E-state index contributed by atoms with van der Waals surface area (Å²) in [5.41, 5.74) is 5.46. The summed E-state index contributed by atoms with van der Waals surface area (Å²) >= 11 is 0. The first-order valence-corrected chi connectivity index (χ1v) is 7.17. The highest BCUT2D eigenvalue weighted by atomic mass is 16.7. The maximum Gasteiger partial charge on any atom is 0.187 e. The van der Waals surface area contributed by atoms with Crippen molar-refractivity contribution in [3.05, 3.63) is 0 Å². The molecule has 9 N–H and O–H groups in total. The molecule has 0 aliphatic carbocycles. The molecule has 0 radical (unpaired) electrons. The van der Waals surface area contributed by atoms with Crippen molar-refractivity contribution in [3.8, 4) is 0 Å². The minimum Gasteiger partial charge on any atom is -0.394 e. The molecule has 2 saturated heterocycles. The monoisotopic (exact) mass is 341 g/mol. The summed E-state index contributed by atoms with van der Waals surface area (Å²) in [6.45, 7) is -0.820. The van der Waals surface area contributed by atoms with Gasteiger partial charge in [0.15, 0.2) is 12.6 Å². The lowest BCUT2D eigenvalue weighted by Gasteiger charge is -2.45. The van der Waals surface area contributed by atoms with Gasteiger partial charge in [-0.25, -0.2) is 0 Å². The van der Waals surface area contributed by atoms with Gasteiger partial charge in [-0.3, -0.25) is 0 Å². The molecular weight excluding hydrogens is 318 g/mol. The Bertz CT molecular complexity index is 383. The first-order valence-electron chi connectivity index (χ1n) is 7.17. The Labute approximate surface area is 131 Å². The molecule has 2 fully saturated rings. The minimum atomic E-state index is -1.68. The number of ether oxygens (including phenoxy) is 3. The van der Waals surface area contributed by atoms with Gasteiger partial charge in [-0.15, -0.1) is 0 Å². The minimum absolute atomic E-state index is 0.178. The largest absolute Gasteiger partial charge is 0.394 e. The molecule has 2 rings (SSSR count). The van der Waals surface area contributed by atoms with Gasteiger partial charge in [-0.1, -0.05) is 0 Å². The molecule has 136 valence electrons. The van der Waals surface area contributed by atoms with Crippen LogP contribution in [-0.2, 0) is 14.2 Å². The smallest absolute Gasteiger partial charge is 0.187 e. The molecular formula is C12H23NO10. The SMILES string of the molecule is NCC1O[C@H](O)C(O)[C@@H](O)[C@@H]1O[C@@H]1OC(CO)[C@@H](O)[C@H](O)C1O. The summed E-state index contributed by atoms with van der Waals surface area (Å²) in [5, 5.41) is 67.5. The lowest BCUT2D eigenvalue weighted by atomic mass is 9.97. The molecule has 11 nitrogen and oxygen atoms in total. The third kappa shape index (κ3) is 3.65. The third-order valence-corrected chi connectivity index (χ3v) is 4.03. The van der Waals surface area contributed by atoms with Crippen LogP contribution in [0.5, 0.6) is 0 Å². The highest BCUT2D eigenvalue weighted by Crippen LogP contribution is 2.28. The molecule has 23 heavy (non-hydrogen) atoms. The van der Waals surface area contributed by atoms with Gasteiger partial charge in [0, 0.05) is 6.54 Å². The number of aliphatic hydroxyl groups is 7. The summed E-state index contributed by atoms with van der Waals surface area (Å²) in [6.07, 6.45) is -14.8. The molecule has 2 heterocycles. The molecule has 0 amide bonds. The van der Waals surface area contributed by atoms with Crippen LogP contribution in [0.15, 0.2) is 0 Å². The van der Waals surface area contributed by atoms with Crippen LogP contribution in [0.2, 0.25) is 0 Å². The van der Waals surface area contributed by atoms with Crippen LogP contribution in [0.3, 0.4) is 0 Å². The quantitative estimate of drug-likeness (QED) is 0.243. The van der Waals surface area contributed by atoms with E-state index in [0.717, 1.165) is 0 Å². The highest BCUT2D eigenvalue weighted by Gasteiger charge is 2.49. The number of aliphatic hydroxyl groups excluding tert-OH is 7. The van der Waals surface area contributed by atoms with Crippen molar-refractivity contribution in [1.82, 2.24) is 0 Å². The van der Waals surface area contributed by atoms with E-state index in [1.54, 1.807) is 0 Å². The predicted molar refractivity (Wildman–Crippen MR) is 70.6 cm³/mol. The molecule has 0 aromatic rings. The maximum absolute atomic E-state index is 10.00. The summed E-state index contributed by atoms with van der Waals surface area (Å²) in [6, 6.07) is 0. The fourth-order valence-corrected chi connectivity index (χ4v) is 2.61. The molecule has 11 heteroatoms. The Kier molecular flexibility index (Phi) is 6.27. The summed E-state index contributed by atoms with van der Waals surface area (Å²) in [4.78, 5) is 0. The second-order valence-electron chi connectivity index (χ2n) is 5.58. The molecule has 0 bridgehead atoms. The van der Waals surface area contributed by atoms with E-state index in [0.29, 0.717) is 0 Å². The van der Waals surface area contributed by atoms with E-state index in [-0.39, 0.29) is 6.54 Å². The zero-order valence-corrected chi connectivity index (χ0v) is 12.1. The van der Waals surface area contributed by atoms with Crippen molar-refractivity contribution >= 4 is 0 Å². The zero-order valence-electron chi connectivity index (χ0n) is 12.1. The number of hydrogen-bond acceptors (Lipinski definition) is 11. The summed E-state index contributed by atoms with van der Waals surface area (Å²) < 4.78 is 15.5. The second-order valence-corrected chi connectivity index (χ2v) is 5.58. The molecule has 2 aliphatic heterocycles. The van der Waals surface area contributed by atoms with Gasteiger partial charge in [0.05, 0.1) is 6.61 Å². The van der Waals surface area contributed by atoms with Gasteiger partial charge < -0.3 is 55.7 Å². The highest BCUT2D eigenvalue weighted by molar-refractivity contribution is 4.94. The molecule has 2 aliphatic rings. The summed E-state index contributed by atoms with van der Waals surface area (Å²) in [5.74, 6) is 0. The number of nitrogens with two attached hydrogens (primary N) is 1. The Morgan fingerprint density at radius 2 is 1.43 bits per heavy atom. The van der Waals surface area contributed by atoms with E-state index in [4.69, 9.17) is 25.1 Å². The first-order chi connectivity index (χ1) is 10.8. The fraction of sp³-hybridized carbons (Fsp3) is 1.00. The van der Waals surface area contributed by atoms with Crippen LogP contribution in [0.1, 0.15) is 0 Å². The van der Waals surface area contributed by atoms with E-state index in [1.165, 1.54) is 0 Å². The van der Waals surface area contributed by atoms with Crippen molar-refractivity contribution < 1.29 is 50.0 Å². The van der Waals surface area contributed by atoms with Crippen molar-refractivity contribution in [2.45, 2.75) is 61.4 Å². The van der Waals surface area contributed by atoms with E-state index in [2.05, 4.69) is 0 Å². The van der Waals surface area contributed by atoms with Gasteiger partial charge in [-0.2, -0.15) is 0 Å². The van der Waals surface area contributed by atoms with Gasteiger partial charge >= 0.3 is 0 Å². The van der Waals surface area contributed by atoms with E-state index in [9.17, 15) is 30.6 Å². The van der Waals surface area contributed by atoms with Gasteiger partial charge in [0.25, 0.3) is 0 Å². The van der Waals surface area contributed by atoms with Crippen molar-refractivity contribution in [1.29, 1.82) is 0 Å². The van der Waals surface area contributed by atoms with E-state index < -0.39 is 68.0 Å². The molecule has 0 aromatic carbocycles. The number of hydrogen-bond donors (Lipinski definition) is 8. The second kappa shape index (κ2) is 7.63. The average molecular weight is 341 g/mol. The van der Waals surface area contributed by atoms with Crippen molar-refractivity contribution in [3.63, 3.8) is 0 Å². The average Bonchev–Trinajstić information content (AvgIpc) is 2.55. The summed E-state index contributed by atoms with van der Waals surface area (Å²) in [7, 11) is 0. The first kappa shape index (κ1) is 18.9. The van der Waals surface area contributed by atoms with Gasteiger partial charge in [-0.05, 0) is 0 Å². The van der Waals surface area contributed by atoms with Crippen LogP contribution in [0, 0.1) is 0 Å². The van der Waals surface area contributed by atoms with Crippen molar-refractivity contribution in [2.75, 3.05) is 13.2 Å². The van der Waals surface area contributed by atoms with Crippen LogP contribution in [0.25, 0.3) is 0 Å². The molecule has 0 saturated carbocycles. The van der Waals surface area contributed by atoms with Crippen LogP contribution in [-0.4, -0.2) is 110 Å². The molecule has 4 unspecified atom stereocenters. The van der Waals surface area contributed by atoms with Crippen LogP contribution >= 0.6 is 0 Å². The molecule has 10 atom stereocenters. The van der Waals surface area contributed by atoms with Gasteiger partial charge in [0.2, 0.25) is 0 Å². The normalized spacial score (nSPS) is 51.7. The molecule has 0 aromatic heterocycles. The Balaban J connectivity index is 2.11. The predicted octanol–water partition coefficient (Wildman–Crippen LogP) is -5.43. The zero-order chi connectivity index (χ0) is 17.3. The lowest BCUT2D eigenvalue weighted by molar-refractivity contribution is -0.352. The third-order valence-electron chi connectivity index (χ3n) is 4.03. The Morgan fingerprint density at radius 1 is 0.783 bits per heavy atom. The van der Waals surface area contributed by atoms with Gasteiger partial charge in [0.1, 0.15) is 48.8 Å². The van der Waals surface area contributed by atoms with Crippen molar-refractivity contribution in [2.24, 2.45) is 5.73 Å². The van der Waals surface area contributed by atoms with E-state index >= 15 is 0 Å². The standard InChI is InChI=1S/C12H23NO10/c13-1-3-10(7(17)8(18)11(20)21-3)23-12-9(19)6(16)5(15)4(2-14)22-12/h3-12,14-20H,1-2,13H2/t3?,4?,5-,6+,7-,8?,9?,10-,11+,12+/m1/s1. The topological polar surface area (TPSA) is 195 Å². The molecule has 0 spiro atoms. The maximum atomic E-state index is 10.00. The van der Waals surface area contributed by atoms with E-state index in [1.807, 2.05) is 0 Å². The van der Waals surface area contributed by atoms with Crippen LogP contribution in [0.4, 0.5) is 0 Å². The van der Waals surface area contributed by atoms with Crippen LogP contribution < -0.4 is 5.73 Å².